The topological polar surface area (TPSA) is 72.2 Å². The smallest absolute Gasteiger partial charge is 0.234 e. The first-order chi connectivity index (χ1) is 4.16. The Morgan fingerprint density at radius 1 is 1.56 bits per heavy atom. The van der Waals surface area contributed by atoms with Gasteiger partial charge in [-0.15, -0.1) is 0 Å². The minimum atomic E-state index is -0.301. The van der Waals surface area contributed by atoms with Crippen molar-refractivity contribution in [3.63, 3.8) is 0 Å². The molecule has 9 heavy (non-hydrogen) atoms. The number of amides is 1. The summed E-state index contributed by atoms with van der Waals surface area (Å²) in [6.45, 7) is 1.42. The van der Waals surface area contributed by atoms with Gasteiger partial charge in [-0.2, -0.15) is 0 Å². The second-order valence-electron chi connectivity index (χ2n) is 1.68. The quantitative estimate of drug-likeness (QED) is 0.496. The SMILES string of the molecule is CC(=O)CNC(=O)CN. The lowest BCUT2D eigenvalue weighted by Crippen LogP contribution is -2.33. The molecule has 0 unspecified atom stereocenters. The molecule has 4 nitrogen and oxygen atoms in total. The zero-order valence-corrected chi connectivity index (χ0v) is 5.31. The van der Waals surface area contributed by atoms with E-state index in [0.717, 1.165) is 0 Å². The van der Waals surface area contributed by atoms with Crippen LogP contribution < -0.4 is 11.1 Å². The summed E-state index contributed by atoms with van der Waals surface area (Å²) >= 11 is 0. The molecule has 0 aromatic carbocycles. The van der Waals surface area contributed by atoms with Gasteiger partial charge in [0.25, 0.3) is 0 Å². The van der Waals surface area contributed by atoms with E-state index >= 15 is 0 Å². The first-order valence-electron chi connectivity index (χ1n) is 2.63. The number of carbonyl (C=O) groups is 2. The van der Waals surface area contributed by atoms with E-state index < -0.39 is 0 Å². The number of nitrogens with two attached hydrogens (primary N) is 1. The van der Waals surface area contributed by atoms with Crippen LogP contribution in [-0.2, 0) is 9.59 Å². The zero-order chi connectivity index (χ0) is 7.28. The average molecular weight is 130 g/mol. The van der Waals surface area contributed by atoms with E-state index in [-0.39, 0.29) is 24.8 Å². The van der Waals surface area contributed by atoms with Crippen molar-refractivity contribution >= 4 is 11.7 Å². The fourth-order valence-corrected chi connectivity index (χ4v) is 0.295. The lowest BCUT2D eigenvalue weighted by atomic mass is 10.4. The number of ketones is 1. The Bertz CT molecular complexity index is 122. The van der Waals surface area contributed by atoms with Crippen molar-refractivity contribution in [1.82, 2.24) is 5.32 Å². The predicted octanol–water partition coefficient (Wildman–Crippen LogP) is -1.35. The first-order valence-corrected chi connectivity index (χ1v) is 2.63. The molecule has 0 atom stereocenters. The second kappa shape index (κ2) is 4.03. The molecular formula is C5H10N2O2. The van der Waals surface area contributed by atoms with Gasteiger partial charge < -0.3 is 11.1 Å². The van der Waals surface area contributed by atoms with Gasteiger partial charge in [0.1, 0.15) is 5.78 Å². The van der Waals surface area contributed by atoms with Crippen LogP contribution in [0.1, 0.15) is 6.92 Å². The minimum Gasteiger partial charge on any atom is -0.348 e. The van der Waals surface area contributed by atoms with E-state index in [1.807, 2.05) is 0 Å². The number of hydrogen-bond acceptors (Lipinski definition) is 3. The molecule has 1 amide bonds. The highest BCUT2D eigenvalue weighted by Gasteiger charge is 1.96. The van der Waals surface area contributed by atoms with Crippen LogP contribution in [0.5, 0.6) is 0 Å². The van der Waals surface area contributed by atoms with Gasteiger partial charge >= 0.3 is 0 Å². The molecule has 0 aliphatic heterocycles. The maximum Gasteiger partial charge on any atom is 0.234 e. The molecule has 3 N–H and O–H groups in total. The van der Waals surface area contributed by atoms with Crippen LogP contribution in [0.4, 0.5) is 0 Å². The first kappa shape index (κ1) is 8.10. The van der Waals surface area contributed by atoms with Gasteiger partial charge in [0.15, 0.2) is 0 Å². The van der Waals surface area contributed by atoms with Gasteiger partial charge in [-0.3, -0.25) is 9.59 Å². The van der Waals surface area contributed by atoms with E-state index in [2.05, 4.69) is 5.32 Å². The maximum atomic E-state index is 10.3. The Labute approximate surface area is 53.4 Å². The highest BCUT2D eigenvalue weighted by Crippen LogP contribution is 1.63. The van der Waals surface area contributed by atoms with Crippen molar-refractivity contribution in [2.45, 2.75) is 6.92 Å². The average Bonchev–Trinajstić information content (AvgIpc) is 1.83. The normalized spacial score (nSPS) is 8.67. The van der Waals surface area contributed by atoms with Gasteiger partial charge in [-0.25, -0.2) is 0 Å². The molecule has 0 aromatic rings. The zero-order valence-electron chi connectivity index (χ0n) is 5.31. The summed E-state index contributed by atoms with van der Waals surface area (Å²) in [4.78, 5) is 20.5. The van der Waals surface area contributed by atoms with Crippen LogP contribution in [0.25, 0.3) is 0 Å². The third-order valence-corrected chi connectivity index (χ3v) is 0.720. The summed E-state index contributed by atoms with van der Waals surface area (Å²) in [5.41, 5.74) is 4.93. The molecular weight excluding hydrogens is 120 g/mol. The van der Waals surface area contributed by atoms with Gasteiger partial charge in [-0.1, -0.05) is 0 Å². The number of hydrogen-bond donors (Lipinski definition) is 2. The summed E-state index contributed by atoms with van der Waals surface area (Å²) in [6, 6.07) is 0. The highest BCUT2D eigenvalue weighted by molar-refractivity contribution is 5.85. The fourth-order valence-electron chi connectivity index (χ4n) is 0.295. The summed E-state index contributed by atoms with van der Waals surface area (Å²) in [5.74, 6) is -0.373. The monoisotopic (exact) mass is 130 g/mol. The molecule has 0 heterocycles. The van der Waals surface area contributed by atoms with E-state index in [1.54, 1.807) is 0 Å². The Morgan fingerprint density at radius 2 is 2.11 bits per heavy atom. The molecule has 0 radical (unpaired) electrons. The molecule has 0 bridgehead atoms. The standard InChI is InChI=1S/C5H10N2O2/c1-4(8)3-7-5(9)2-6/h2-3,6H2,1H3,(H,7,9). The Hall–Kier alpha value is -0.900. The van der Waals surface area contributed by atoms with Crippen molar-refractivity contribution in [2.75, 3.05) is 13.1 Å². The predicted molar refractivity (Wildman–Crippen MR) is 32.7 cm³/mol. The maximum absolute atomic E-state index is 10.3. The Morgan fingerprint density at radius 3 is 2.44 bits per heavy atom. The van der Waals surface area contributed by atoms with Crippen LogP contribution in [0.3, 0.4) is 0 Å². The summed E-state index contributed by atoms with van der Waals surface area (Å²) in [7, 11) is 0. The van der Waals surface area contributed by atoms with Crippen molar-refractivity contribution < 1.29 is 9.59 Å². The van der Waals surface area contributed by atoms with Gasteiger partial charge in [0.05, 0.1) is 13.1 Å². The summed E-state index contributed by atoms with van der Waals surface area (Å²) in [6.07, 6.45) is 0. The van der Waals surface area contributed by atoms with Crippen molar-refractivity contribution in [2.24, 2.45) is 5.73 Å². The third-order valence-electron chi connectivity index (χ3n) is 0.720. The molecule has 0 fully saturated rings. The van der Waals surface area contributed by atoms with Gasteiger partial charge in [0.2, 0.25) is 5.91 Å². The Kier molecular flexibility index (Phi) is 3.62. The van der Waals surface area contributed by atoms with Crippen molar-refractivity contribution in [3.05, 3.63) is 0 Å². The van der Waals surface area contributed by atoms with E-state index in [0.29, 0.717) is 0 Å². The van der Waals surface area contributed by atoms with E-state index in [1.165, 1.54) is 6.92 Å². The van der Waals surface area contributed by atoms with Gasteiger partial charge in [-0.05, 0) is 6.92 Å². The number of Topliss-reactive ketones (excluding diaryl/α,β-unsaturated/α-hetero) is 1. The van der Waals surface area contributed by atoms with Crippen LogP contribution in [-0.4, -0.2) is 24.8 Å². The minimum absolute atomic E-state index is 0.0622. The van der Waals surface area contributed by atoms with E-state index in [9.17, 15) is 9.59 Å². The molecule has 52 valence electrons. The Balaban J connectivity index is 3.28. The van der Waals surface area contributed by atoms with Crippen molar-refractivity contribution in [1.29, 1.82) is 0 Å². The number of rotatable bonds is 3. The molecule has 0 aliphatic rings. The highest BCUT2D eigenvalue weighted by atomic mass is 16.2. The van der Waals surface area contributed by atoms with Crippen LogP contribution in [0, 0.1) is 0 Å². The summed E-state index contributed by atoms with van der Waals surface area (Å²) < 4.78 is 0. The molecule has 4 heteroatoms. The number of nitrogens with one attached hydrogen (secondary N) is 1. The van der Waals surface area contributed by atoms with Crippen LogP contribution in [0.2, 0.25) is 0 Å². The van der Waals surface area contributed by atoms with E-state index in [4.69, 9.17) is 5.73 Å². The molecule has 0 aromatic heterocycles. The largest absolute Gasteiger partial charge is 0.348 e. The molecule has 0 rings (SSSR count). The number of carbonyl (C=O) groups excluding carboxylic acids is 2. The molecule has 0 saturated carbocycles. The van der Waals surface area contributed by atoms with Crippen LogP contribution in [0.15, 0.2) is 0 Å². The fraction of sp³-hybridized carbons (Fsp3) is 0.600. The molecule has 0 spiro atoms. The van der Waals surface area contributed by atoms with Crippen molar-refractivity contribution in [3.8, 4) is 0 Å². The molecule has 0 saturated heterocycles. The molecule has 0 aliphatic carbocycles. The third kappa shape index (κ3) is 4.96. The lowest BCUT2D eigenvalue weighted by Gasteiger charge is -1.96. The second-order valence-corrected chi connectivity index (χ2v) is 1.68. The summed E-state index contributed by atoms with van der Waals surface area (Å²) in [5, 5.41) is 2.32. The van der Waals surface area contributed by atoms with Gasteiger partial charge in [0, 0.05) is 0 Å². The lowest BCUT2D eigenvalue weighted by molar-refractivity contribution is -0.123. The van der Waals surface area contributed by atoms with Crippen LogP contribution >= 0.6 is 0 Å².